The first kappa shape index (κ1) is 8.91. The van der Waals surface area contributed by atoms with E-state index in [0.717, 1.165) is 16.3 Å². The number of hydrazone groups is 1. The van der Waals surface area contributed by atoms with Crippen LogP contribution < -0.4 is 5.84 Å². The van der Waals surface area contributed by atoms with Gasteiger partial charge >= 0.3 is 0 Å². The molecule has 0 spiro atoms. The molecule has 4 heteroatoms. The van der Waals surface area contributed by atoms with Crippen LogP contribution in [0.1, 0.15) is 12.5 Å². The van der Waals surface area contributed by atoms with E-state index in [2.05, 4.69) is 12.0 Å². The van der Waals surface area contributed by atoms with Crippen molar-refractivity contribution in [1.29, 1.82) is 0 Å². The summed E-state index contributed by atoms with van der Waals surface area (Å²) in [6.45, 7) is 2.09. The van der Waals surface area contributed by atoms with E-state index in [-0.39, 0.29) is 0 Å². The summed E-state index contributed by atoms with van der Waals surface area (Å²) in [7, 11) is 0. The first-order chi connectivity index (χ1) is 6.22. The van der Waals surface area contributed by atoms with E-state index in [4.69, 9.17) is 17.4 Å². The van der Waals surface area contributed by atoms with Crippen LogP contribution in [0.5, 0.6) is 0 Å². The molecule has 13 heavy (non-hydrogen) atoms. The van der Waals surface area contributed by atoms with Gasteiger partial charge in [-0.05, 0) is 25.1 Å². The Morgan fingerprint density at radius 3 is 3.00 bits per heavy atom. The van der Waals surface area contributed by atoms with Crippen LogP contribution in [-0.2, 0) is 0 Å². The molecule has 0 aliphatic carbocycles. The van der Waals surface area contributed by atoms with E-state index in [1.165, 1.54) is 4.90 Å². The van der Waals surface area contributed by atoms with Crippen LogP contribution in [0.4, 0.5) is 0 Å². The van der Waals surface area contributed by atoms with E-state index in [0.29, 0.717) is 5.25 Å². The van der Waals surface area contributed by atoms with Gasteiger partial charge in [0, 0.05) is 15.5 Å². The second-order valence-corrected chi connectivity index (χ2v) is 4.73. The van der Waals surface area contributed by atoms with Crippen molar-refractivity contribution in [2.24, 2.45) is 10.9 Å². The minimum atomic E-state index is 0.332. The lowest BCUT2D eigenvalue weighted by atomic mass is 10.1. The maximum Gasteiger partial charge on any atom is 0.0815 e. The Balaban J connectivity index is 2.57. The Labute approximate surface area is 86.2 Å². The molecule has 68 valence electrons. The summed E-state index contributed by atoms with van der Waals surface area (Å²) in [5.74, 6) is 5.32. The molecule has 0 saturated carbocycles. The largest absolute Gasteiger partial charge is 0.323 e. The van der Waals surface area contributed by atoms with Gasteiger partial charge in [0.25, 0.3) is 0 Å². The molecule has 2 rings (SSSR count). The molecule has 1 aromatic carbocycles. The van der Waals surface area contributed by atoms with E-state index < -0.39 is 0 Å². The van der Waals surface area contributed by atoms with Gasteiger partial charge < -0.3 is 5.84 Å². The standard InChI is InChI=1S/C9H9ClN2S/c1-5-9(12-11)7-4-6(10)2-3-8(7)13-5/h2-5H,11H2,1H3/b12-9+. The average Bonchev–Trinajstić information content (AvgIpc) is 2.40. The van der Waals surface area contributed by atoms with Crippen LogP contribution in [-0.4, -0.2) is 11.0 Å². The third-order valence-electron chi connectivity index (χ3n) is 2.05. The Morgan fingerprint density at radius 1 is 1.54 bits per heavy atom. The van der Waals surface area contributed by atoms with Gasteiger partial charge in [0.1, 0.15) is 0 Å². The Bertz CT molecular complexity index is 376. The van der Waals surface area contributed by atoms with Gasteiger partial charge in [-0.15, -0.1) is 11.8 Å². The Hall–Kier alpha value is -0.670. The zero-order valence-electron chi connectivity index (χ0n) is 7.12. The predicted octanol–water partition coefficient (Wildman–Crippen LogP) is 2.50. The highest BCUT2D eigenvalue weighted by Crippen LogP contribution is 2.38. The normalized spacial score (nSPS) is 23.5. The molecule has 0 fully saturated rings. The number of thioether (sulfide) groups is 1. The van der Waals surface area contributed by atoms with Gasteiger partial charge in [0.05, 0.1) is 11.0 Å². The Kier molecular flexibility index (Phi) is 2.22. The maximum atomic E-state index is 5.89. The van der Waals surface area contributed by atoms with Crippen molar-refractivity contribution in [3.05, 3.63) is 28.8 Å². The van der Waals surface area contributed by atoms with Gasteiger partial charge in [-0.3, -0.25) is 0 Å². The Morgan fingerprint density at radius 2 is 2.31 bits per heavy atom. The summed E-state index contributed by atoms with van der Waals surface area (Å²) < 4.78 is 0. The molecule has 0 saturated heterocycles. The van der Waals surface area contributed by atoms with Crippen LogP contribution in [0, 0.1) is 0 Å². The van der Waals surface area contributed by atoms with Gasteiger partial charge in [0.15, 0.2) is 0 Å². The van der Waals surface area contributed by atoms with Crippen molar-refractivity contribution >= 4 is 29.1 Å². The molecule has 0 bridgehead atoms. The number of fused-ring (bicyclic) bond motifs is 1. The van der Waals surface area contributed by atoms with Crippen molar-refractivity contribution < 1.29 is 0 Å². The summed E-state index contributed by atoms with van der Waals surface area (Å²) in [6.07, 6.45) is 0. The van der Waals surface area contributed by atoms with Crippen molar-refractivity contribution in [3.63, 3.8) is 0 Å². The summed E-state index contributed by atoms with van der Waals surface area (Å²) in [5.41, 5.74) is 2.01. The number of hydrogen-bond donors (Lipinski definition) is 1. The van der Waals surface area contributed by atoms with Crippen molar-refractivity contribution in [2.45, 2.75) is 17.1 Å². The maximum absolute atomic E-state index is 5.89. The lowest BCUT2D eigenvalue weighted by Gasteiger charge is -2.00. The number of nitrogens with zero attached hydrogens (tertiary/aromatic N) is 1. The molecule has 1 aliphatic rings. The zero-order valence-corrected chi connectivity index (χ0v) is 8.69. The molecule has 0 radical (unpaired) electrons. The number of hydrogen-bond acceptors (Lipinski definition) is 3. The number of halogens is 1. The van der Waals surface area contributed by atoms with Crippen molar-refractivity contribution in [2.75, 3.05) is 0 Å². The highest BCUT2D eigenvalue weighted by atomic mass is 35.5. The van der Waals surface area contributed by atoms with Crippen LogP contribution in [0.3, 0.4) is 0 Å². The topological polar surface area (TPSA) is 38.4 Å². The SMILES string of the molecule is CC1Sc2ccc(Cl)cc2/C1=N/N. The summed E-state index contributed by atoms with van der Waals surface area (Å²) >= 11 is 7.65. The van der Waals surface area contributed by atoms with Crippen LogP contribution in [0.2, 0.25) is 5.02 Å². The van der Waals surface area contributed by atoms with E-state index in [1.54, 1.807) is 11.8 Å². The molecule has 0 amide bonds. The molecule has 0 aromatic heterocycles. The minimum Gasteiger partial charge on any atom is -0.323 e. The summed E-state index contributed by atoms with van der Waals surface area (Å²) in [6, 6.07) is 5.82. The van der Waals surface area contributed by atoms with Crippen LogP contribution in [0.15, 0.2) is 28.2 Å². The second kappa shape index (κ2) is 3.24. The van der Waals surface area contributed by atoms with E-state index >= 15 is 0 Å². The molecular formula is C9H9ClN2S. The molecule has 1 unspecified atom stereocenters. The van der Waals surface area contributed by atoms with Crippen LogP contribution >= 0.6 is 23.4 Å². The number of nitrogens with two attached hydrogens (primary N) is 1. The second-order valence-electron chi connectivity index (χ2n) is 2.91. The molecule has 1 aliphatic heterocycles. The van der Waals surface area contributed by atoms with E-state index in [9.17, 15) is 0 Å². The minimum absolute atomic E-state index is 0.332. The molecular weight excluding hydrogens is 204 g/mol. The smallest absolute Gasteiger partial charge is 0.0815 e. The first-order valence-corrected chi connectivity index (χ1v) is 5.22. The monoisotopic (exact) mass is 212 g/mol. The predicted molar refractivity (Wildman–Crippen MR) is 57.5 cm³/mol. The third-order valence-corrected chi connectivity index (χ3v) is 3.47. The molecule has 2 nitrogen and oxygen atoms in total. The quantitative estimate of drug-likeness (QED) is 0.530. The van der Waals surface area contributed by atoms with Gasteiger partial charge in [-0.2, -0.15) is 5.10 Å². The molecule has 1 aromatic rings. The highest BCUT2D eigenvalue weighted by Gasteiger charge is 2.25. The van der Waals surface area contributed by atoms with Gasteiger partial charge in [-0.1, -0.05) is 11.6 Å². The molecule has 1 heterocycles. The van der Waals surface area contributed by atoms with Crippen molar-refractivity contribution in [1.82, 2.24) is 0 Å². The van der Waals surface area contributed by atoms with Gasteiger partial charge in [0.2, 0.25) is 0 Å². The van der Waals surface area contributed by atoms with Gasteiger partial charge in [-0.25, -0.2) is 0 Å². The van der Waals surface area contributed by atoms with Crippen molar-refractivity contribution in [3.8, 4) is 0 Å². The van der Waals surface area contributed by atoms with Crippen LogP contribution in [0.25, 0.3) is 0 Å². The molecule has 1 atom stereocenters. The summed E-state index contributed by atoms with van der Waals surface area (Å²) in [5, 5.41) is 4.85. The summed E-state index contributed by atoms with van der Waals surface area (Å²) in [4.78, 5) is 1.21. The van der Waals surface area contributed by atoms with E-state index in [1.807, 2.05) is 18.2 Å². The number of benzene rings is 1. The lowest BCUT2D eigenvalue weighted by Crippen LogP contribution is -2.10. The molecule has 2 N–H and O–H groups in total. The fraction of sp³-hybridized carbons (Fsp3) is 0.222. The highest BCUT2D eigenvalue weighted by molar-refractivity contribution is 8.01. The third kappa shape index (κ3) is 1.42. The number of rotatable bonds is 0. The fourth-order valence-corrected chi connectivity index (χ4v) is 2.73. The fourth-order valence-electron chi connectivity index (χ4n) is 1.44. The average molecular weight is 213 g/mol. The lowest BCUT2D eigenvalue weighted by molar-refractivity contribution is 1.19. The first-order valence-electron chi connectivity index (χ1n) is 3.96. The zero-order chi connectivity index (χ0) is 9.42.